The van der Waals surface area contributed by atoms with E-state index in [1.54, 1.807) is 0 Å². The Morgan fingerprint density at radius 1 is 1.11 bits per heavy atom. The number of carbonyl (C=O) groups is 3. The van der Waals surface area contributed by atoms with Gasteiger partial charge in [-0.1, -0.05) is 55.5 Å². The topological polar surface area (TPSA) is 114 Å². The number of rotatable bonds is 9. The molecule has 2 aromatic rings. The van der Waals surface area contributed by atoms with Crippen LogP contribution < -0.4 is 10.6 Å². The minimum atomic E-state index is -1.10. The lowest BCUT2D eigenvalue weighted by atomic mass is 9.82. The highest BCUT2D eigenvalue weighted by Crippen LogP contribution is 2.44. The van der Waals surface area contributed by atoms with Crippen molar-refractivity contribution in [1.82, 2.24) is 10.6 Å². The zero-order valence-electron chi connectivity index (χ0n) is 19.9. The number of aliphatic carboxylic acids is 1. The van der Waals surface area contributed by atoms with Crippen LogP contribution in [0.25, 0.3) is 11.1 Å². The van der Waals surface area contributed by atoms with Gasteiger partial charge in [0.25, 0.3) is 0 Å². The largest absolute Gasteiger partial charge is 0.481 e. The second-order valence-electron chi connectivity index (χ2n) is 9.30. The van der Waals surface area contributed by atoms with Crippen molar-refractivity contribution in [2.75, 3.05) is 26.4 Å². The van der Waals surface area contributed by atoms with E-state index in [2.05, 4.69) is 34.9 Å². The van der Waals surface area contributed by atoms with Crippen molar-refractivity contribution in [3.05, 3.63) is 59.7 Å². The summed E-state index contributed by atoms with van der Waals surface area (Å²) in [5, 5.41) is 15.1. The third-order valence-corrected chi connectivity index (χ3v) is 6.99. The zero-order valence-corrected chi connectivity index (χ0v) is 19.9. The summed E-state index contributed by atoms with van der Waals surface area (Å²) in [5.74, 6) is -1.33. The lowest BCUT2D eigenvalue weighted by Gasteiger charge is -2.33. The molecule has 2 amide bonds. The maximum absolute atomic E-state index is 12.6. The highest BCUT2D eigenvalue weighted by atomic mass is 16.5. The molecule has 186 valence electrons. The number of carbonyl (C=O) groups excluding carboxylic acids is 2. The van der Waals surface area contributed by atoms with E-state index in [-0.39, 0.29) is 38.0 Å². The minimum Gasteiger partial charge on any atom is -0.481 e. The van der Waals surface area contributed by atoms with Gasteiger partial charge in [0.15, 0.2) is 0 Å². The Hall–Kier alpha value is -3.39. The Morgan fingerprint density at radius 2 is 1.77 bits per heavy atom. The fourth-order valence-corrected chi connectivity index (χ4v) is 4.90. The molecule has 3 N–H and O–H groups in total. The van der Waals surface area contributed by atoms with Crippen LogP contribution in [0, 0.1) is 5.41 Å². The van der Waals surface area contributed by atoms with Crippen LogP contribution >= 0.6 is 0 Å². The molecular weight excluding hydrogens is 448 g/mol. The first kappa shape index (κ1) is 24.7. The lowest BCUT2D eigenvalue weighted by Crippen LogP contribution is -2.49. The summed E-state index contributed by atoms with van der Waals surface area (Å²) in [4.78, 5) is 36.8. The van der Waals surface area contributed by atoms with Gasteiger partial charge in [-0.15, -0.1) is 0 Å². The van der Waals surface area contributed by atoms with Crippen LogP contribution in [0.2, 0.25) is 0 Å². The quantitative estimate of drug-likeness (QED) is 0.504. The van der Waals surface area contributed by atoms with Gasteiger partial charge < -0.3 is 25.2 Å². The molecule has 0 aromatic heterocycles. The number of carboxylic acid groups (broad SMARTS) is 1. The second kappa shape index (κ2) is 10.9. The molecule has 1 aliphatic carbocycles. The molecule has 1 fully saturated rings. The highest BCUT2D eigenvalue weighted by molar-refractivity contribution is 5.81. The number of fused-ring (bicyclic) bond motifs is 3. The van der Waals surface area contributed by atoms with Crippen molar-refractivity contribution < 1.29 is 29.0 Å². The van der Waals surface area contributed by atoms with Gasteiger partial charge in [0.2, 0.25) is 5.91 Å². The molecular formula is C27H32N2O6. The molecule has 8 nitrogen and oxygen atoms in total. The smallest absolute Gasteiger partial charge is 0.407 e. The Kier molecular flexibility index (Phi) is 7.70. The van der Waals surface area contributed by atoms with Gasteiger partial charge in [-0.25, -0.2) is 4.79 Å². The predicted octanol–water partition coefficient (Wildman–Crippen LogP) is 3.69. The zero-order chi connectivity index (χ0) is 24.8. The summed E-state index contributed by atoms with van der Waals surface area (Å²) in [5.41, 5.74) is 3.47. The Labute approximate surface area is 205 Å². The number of amides is 2. The summed E-state index contributed by atoms with van der Waals surface area (Å²) in [6.07, 6.45) is 1.09. The fraction of sp³-hybridized carbons (Fsp3) is 0.444. The summed E-state index contributed by atoms with van der Waals surface area (Å²) < 4.78 is 10.9. The van der Waals surface area contributed by atoms with E-state index in [1.165, 1.54) is 0 Å². The molecule has 2 unspecified atom stereocenters. The Bertz CT molecular complexity index is 1030. The van der Waals surface area contributed by atoms with Crippen LogP contribution in [0.3, 0.4) is 0 Å². The van der Waals surface area contributed by atoms with E-state index >= 15 is 0 Å². The van der Waals surface area contributed by atoms with Crippen LogP contribution in [0.15, 0.2) is 48.5 Å². The van der Waals surface area contributed by atoms with Crippen LogP contribution in [0.5, 0.6) is 0 Å². The molecule has 0 radical (unpaired) electrons. The van der Waals surface area contributed by atoms with Gasteiger partial charge in [-0.2, -0.15) is 0 Å². The maximum atomic E-state index is 12.6. The van der Waals surface area contributed by atoms with Crippen LogP contribution in [-0.4, -0.2) is 55.5 Å². The molecule has 1 saturated heterocycles. The number of nitrogens with one attached hydrogen (secondary N) is 2. The van der Waals surface area contributed by atoms with Crippen LogP contribution in [-0.2, 0) is 19.1 Å². The van der Waals surface area contributed by atoms with Gasteiger partial charge in [-0.05, 0) is 41.5 Å². The predicted molar refractivity (Wildman–Crippen MR) is 130 cm³/mol. The van der Waals surface area contributed by atoms with Crippen molar-refractivity contribution in [3.63, 3.8) is 0 Å². The number of alkyl carbamates (subject to hydrolysis) is 1. The van der Waals surface area contributed by atoms with Gasteiger partial charge in [0.1, 0.15) is 12.0 Å². The van der Waals surface area contributed by atoms with E-state index in [1.807, 2.05) is 31.2 Å². The number of hydrogen-bond donors (Lipinski definition) is 3. The SMILES string of the molecule is CCC(CC(=O)NCC1(C(=O)O)CCCOC1)NC(=O)OCC1c2ccccc2-c2ccccc21. The van der Waals surface area contributed by atoms with Gasteiger partial charge >= 0.3 is 12.1 Å². The molecule has 1 heterocycles. The summed E-state index contributed by atoms with van der Waals surface area (Å²) in [6, 6.07) is 15.8. The third-order valence-electron chi connectivity index (χ3n) is 6.99. The van der Waals surface area contributed by atoms with E-state index in [9.17, 15) is 19.5 Å². The van der Waals surface area contributed by atoms with E-state index in [0.29, 0.717) is 25.9 Å². The molecule has 35 heavy (non-hydrogen) atoms. The number of carboxylic acids is 1. The van der Waals surface area contributed by atoms with Crippen molar-refractivity contribution >= 4 is 18.0 Å². The van der Waals surface area contributed by atoms with E-state index in [0.717, 1.165) is 22.3 Å². The molecule has 0 bridgehead atoms. The highest BCUT2D eigenvalue weighted by Gasteiger charge is 2.41. The third kappa shape index (κ3) is 5.48. The second-order valence-corrected chi connectivity index (χ2v) is 9.30. The molecule has 0 saturated carbocycles. The van der Waals surface area contributed by atoms with Gasteiger partial charge in [-0.3, -0.25) is 9.59 Å². The fourth-order valence-electron chi connectivity index (χ4n) is 4.90. The van der Waals surface area contributed by atoms with Crippen molar-refractivity contribution in [2.24, 2.45) is 5.41 Å². The lowest BCUT2D eigenvalue weighted by molar-refractivity contribution is -0.157. The first-order valence-electron chi connectivity index (χ1n) is 12.1. The molecule has 2 atom stereocenters. The van der Waals surface area contributed by atoms with E-state index in [4.69, 9.17) is 9.47 Å². The number of ether oxygens (including phenoxy) is 2. The number of hydrogen-bond acceptors (Lipinski definition) is 5. The molecule has 0 spiro atoms. The monoisotopic (exact) mass is 480 g/mol. The standard InChI is InChI=1S/C27H32N2O6/c1-2-18(14-24(30)28-16-27(25(31)32)12-7-13-34-17-27)29-26(33)35-15-23-21-10-5-3-8-19(21)20-9-4-6-11-22(20)23/h3-6,8-11,18,23H,2,7,12-17H2,1H3,(H,28,30)(H,29,33)(H,31,32). The molecule has 2 aromatic carbocycles. The van der Waals surface area contributed by atoms with Crippen molar-refractivity contribution in [3.8, 4) is 11.1 Å². The van der Waals surface area contributed by atoms with Crippen molar-refractivity contribution in [1.29, 1.82) is 0 Å². The van der Waals surface area contributed by atoms with Crippen molar-refractivity contribution in [2.45, 2.75) is 44.6 Å². The summed E-state index contributed by atoms with van der Waals surface area (Å²) in [6.45, 7) is 2.68. The van der Waals surface area contributed by atoms with E-state index < -0.39 is 23.5 Å². The number of benzene rings is 2. The Morgan fingerprint density at radius 3 is 2.34 bits per heavy atom. The molecule has 1 aliphatic heterocycles. The average molecular weight is 481 g/mol. The molecule has 2 aliphatic rings. The first-order valence-corrected chi connectivity index (χ1v) is 12.1. The first-order chi connectivity index (χ1) is 16.9. The molecule has 4 rings (SSSR count). The van der Waals surface area contributed by atoms with Gasteiger partial charge in [0.05, 0.1) is 6.61 Å². The van der Waals surface area contributed by atoms with Gasteiger partial charge in [0, 0.05) is 31.5 Å². The summed E-state index contributed by atoms with van der Waals surface area (Å²) in [7, 11) is 0. The minimum absolute atomic E-state index is 0.00253. The maximum Gasteiger partial charge on any atom is 0.407 e. The Balaban J connectivity index is 1.29. The van der Waals surface area contributed by atoms with Crippen LogP contribution in [0.4, 0.5) is 4.79 Å². The summed E-state index contributed by atoms with van der Waals surface area (Å²) >= 11 is 0. The molecule has 8 heteroatoms. The average Bonchev–Trinajstić information content (AvgIpc) is 3.20. The van der Waals surface area contributed by atoms with Crippen LogP contribution in [0.1, 0.15) is 49.7 Å². The normalized spacial score (nSPS) is 19.8.